The van der Waals surface area contributed by atoms with Crippen LogP contribution in [0.15, 0.2) is 9.52 Å². The van der Waals surface area contributed by atoms with Crippen LogP contribution >= 0.6 is 11.3 Å². The summed E-state index contributed by atoms with van der Waals surface area (Å²) in [6.07, 6.45) is 1.71. The van der Waals surface area contributed by atoms with Crippen molar-refractivity contribution in [2.45, 2.75) is 53.6 Å². The van der Waals surface area contributed by atoms with Crippen molar-refractivity contribution in [1.82, 2.24) is 20.8 Å². The molecule has 2 aromatic rings. The van der Waals surface area contributed by atoms with Gasteiger partial charge in [0, 0.05) is 30.5 Å². The lowest BCUT2D eigenvalue weighted by Gasteiger charge is -2.11. The maximum Gasteiger partial charge on any atom is 0.191 e. The van der Waals surface area contributed by atoms with Gasteiger partial charge in [0.15, 0.2) is 5.96 Å². The predicted octanol–water partition coefficient (Wildman–Crippen LogP) is 2.74. The first-order valence-electron chi connectivity index (χ1n) is 7.92. The van der Waals surface area contributed by atoms with Crippen LogP contribution in [0.25, 0.3) is 0 Å². The van der Waals surface area contributed by atoms with Gasteiger partial charge in [0.25, 0.3) is 0 Å². The van der Waals surface area contributed by atoms with Crippen molar-refractivity contribution in [3.05, 3.63) is 32.6 Å². The second-order valence-corrected chi connectivity index (χ2v) is 6.55. The number of aliphatic imine (C=N–C) groups is 1. The van der Waals surface area contributed by atoms with Gasteiger partial charge in [-0.15, -0.1) is 11.3 Å². The van der Waals surface area contributed by atoms with Gasteiger partial charge in [-0.2, -0.15) is 0 Å². The summed E-state index contributed by atoms with van der Waals surface area (Å²) < 4.78 is 5.39. The minimum atomic E-state index is 0.663. The van der Waals surface area contributed by atoms with Crippen molar-refractivity contribution in [3.63, 3.8) is 0 Å². The Labute approximate surface area is 141 Å². The lowest BCUT2D eigenvalue weighted by atomic mass is 10.1. The minimum Gasteiger partial charge on any atom is -0.361 e. The predicted molar refractivity (Wildman–Crippen MR) is 93.9 cm³/mol. The van der Waals surface area contributed by atoms with Crippen LogP contribution in [0, 0.1) is 13.8 Å². The summed E-state index contributed by atoms with van der Waals surface area (Å²) in [7, 11) is 1.77. The first-order valence-corrected chi connectivity index (χ1v) is 8.74. The molecule has 0 amide bonds. The number of guanidine groups is 1. The quantitative estimate of drug-likeness (QED) is 0.627. The molecule has 0 aliphatic heterocycles. The van der Waals surface area contributed by atoms with Crippen LogP contribution in [0.4, 0.5) is 0 Å². The van der Waals surface area contributed by atoms with E-state index in [0.29, 0.717) is 6.54 Å². The van der Waals surface area contributed by atoms with Crippen LogP contribution in [-0.2, 0) is 25.9 Å². The molecule has 7 heteroatoms. The summed E-state index contributed by atoms with van der Waals surface area (Å²) in [4.78, 5) is 9.96. The number of aryl methyl sites for hydroxylation is 4. The molecule has 2 heterocycles. The van der Waals surface area contributed by atoms with Crippen molar-refractivity contribution in [1.29, 1.82) is 0 Å². The van der Waals surface area contributed by atoms with E-state index in [1.165, 1.54) is 4.88 Å². The molecule has 6 nitrogen and oxygen atoms in total. The topological polar surface area (TPSA) is 75.3 Å². The average Bonchev–Trinajstić information content (AvgIpc) is 3.09. The monoisotopic (exact) mass is 335 g/mol. The summed E-state index contributed by atoms with van der Waals surface area (Å²) in [5.74, 6) is 1.71. The summed E-state index contributed by atoms with van der Waals surface area (Å²) in [5.41, 5.74) is 3.23. The van der Waals surface area contributed by atoms with Crippen molar-refractivity contribution in [3.8, 4) is 0 Å². The second-order valence-electron chi connectivity index (χ2n) is 5.26. The standard InChI is InChI=1S/C16H25N5OS/c1-6-13-12(14(7-2)22-21-13)8-18-16(17-5)19-9-15-10(3)20-11(4)23-15/h6-9H2,1-5H3,(H2,17,18,19). The van der Waals surface area contributed by atoms with Crippen LogP contribution in [0.3, 0.4) is 0 Å². The molecule has 0 unspecified atom stereocenters. The maximum absolute atomic E-state index is 5.39. The van der Waals surface area contributed by atoms with Gasteiger partial charge in [-0.1, -0.05) is 19.0 Å². The number of rotatable bonds is 6. The highest BCUT2D eigenvalue weighted by atomic mass is 32.1. The van der Waals surface area contributed by atoms with E-state index in [-0.39, 0.29) is 0 Å². The number of hydrogen-bond donors (Lipinski definition) is 2. The van der Waals surface area contributed by atoms with E-state index in [1.807, 2.05) is 13.8 Å². The lowest BCUT2D eigenvalue weighted by molar-refractivity contribution is 0.380. The molecule has 0 spiro atoms. The van der Waals surface area contributed by atoms with E-state index in [1.54, 1.807) is 18.4 Å². The van der Waals surface area contributed by atoms with Gasteiger partial charge < -0.3 is 15.2 Å². The van der Waals surface area contributed by atoms with Crippen LogP contribution in [0.1, 0.15) is 46.4 Å². The summed E-state index contributed by atoms with van der Waals surface area (Å²) in [6, 6.07) is 0. The fourth-order valence-corrected chi connectivity index (χ4v) is 3.31. The largest absolute Gasteiger partial charge is 0.361 e. The van der Waals surface area contributed by atoms with E-state index >= 15 is 0 Å². The van der Waals surface area contributed by atoms with E-state index < -0.39 is 0 Å². The number of nitrogens with one attached hydrogen (secondary N) is 2. The molecule has 0 aromatic carbocycles. The zero-order valence-electron chi connectivity index (χ0n) is 14.5. The molecule has 0 radical (unpaired) electrons. The SMILES string of the molecule is CCc1noc(CC)c1CNC(=NC)NCc1sc(C)nc1C. The summed E-state index contributed by atoms with van der Waals surface area (Å²) in [5, 5.41) is 11.9. The van der Waals surface area contributed by atoms with E-state index in [0.717, 1.165) is 53.1 Å². The highest BCUT2D eigenvalue weighted by molar-refractivity contribution is 7.11. The molecule has 0 saturated carbocycles. The molecule has 0 aliphatic carbocycles. The van der Waals surface area contributed by atoms with Crippen LogP contribution in [0.2, 0.25) is 0 Å². The molecule has 126 valence electrons. The fraction of sp³-hybridized carbons (Fsp3) is 0.562. The Kier molecular flexibility index (Phi) is 6.15. The molecule has 23 heavy (non-hydrogen) atoms. The Hall–Kier alpha value is -1.89. The van der Waals surface area contributed by atoms with Gasteiger partial charge in [-0.25, -0.2) is 4.98 Å². The van der Waals surface area contributed by atoms with E-state index in [2.05, 4.69) is 39.6 Å². The lowest BCUT2D eigenvalue weighted by Crippen LogP contribution is -2.36. The Morgan fingerprint density at radius 2 is 1.91 bits per heavy atom. The Morgan fingerprint density at radius 3 is 2.48 bits per heavy atom. The summed E-state index contributed by atoms with van der Waals surface area (Å²) >= 11 is 1.71. The molecule has 2 rings (SSSR count). The highest BCUT2D eigenvalue weighted by Gasteiger charge is 2.13. The first-order chi connectivity index (χ1) is 11.1. The number of aromatic nitrogens is 2. The fourth-order valence-electron chi connectivity index (χ4n) is 2.43. The van der Waals surface area contributed by atoms with Gasteiger partial charge in [0.05, 0.1) is 22.9 Å². The third-order valence-corrected chi connectivity index (χ3v) is 4.75. The molecule has 2 N–H and O–H groups in total. The Morgan fingerprint density at radius 1 is 1.17 bits per heavy atom. The highest BCUT2D eigenvalue weighted by Crippen LogP contribution is 2.17. The number of nitrogens with zero attached hydrogens (tertiary/aromatic N) is 3. The molecule has 0 aliphatic rings. The Balaban J connectivity index is 1.95. The Bertz CT molecular complexity index is 653. The second kappa shape index (κ2) is 8.10. The van der Waals surface area contributed by atoms with Crippen molar-refractivity contribution in [2.24, 2.45) is 4.99 Å². The van der Waals surface area contributed by atoms with Gasteiger partial charge in [0.2, 0.25) is 0 Å². The molecule has 0 bridgehead atoms. The van der Waals surface area contributed by atoms with E-state index in [4.69, 9.17) is 4.52 Å². The molecular formula is C16H25N5OS. The van der Waals surface area contributed by atoms with Gasteiger partial charge in [-0.05, 0) is 20.3 Å². The number of hydrogen-bond acceptors (Lipinski definition) is 5. The smallest absolute Gasteiger partial charge is 0.191 e. The molecule has 2 aromatic heterocycles. The van der Waals surface area contributed by atoms with E-state index in [9.17, 15) is 0 Å². The van der Waals surface area contributed by atoms with Crippen LogP contribution in [0.5, 0.6) is 0 Å². The summed E-state index contributed by atoms with van der Waals surface area (Å²) in [6.45, 7) is 9.61. The average molecular weight is 335 g/mol. The first kappa shape index (κ1) is 17.5. The van der Waals surface area contributed by atoms with Gasteiger partial charge in [0.1, 0.15) is 5.76 Å². The van der Waals surface area contributed by atoms with Gasteiger partial charge >= 0.3 is 0 Å². The normalized spacial score (nSPS) is 11.8. The maximum atomic E-state index is 5.39. The van der Waals surface area contributed by atoms with Crippen LogP contribution in [-0.4, -0.2) is 23.1 Å². The van der Waals surface area contributed by atoms with Gasteiger partial charge in [-0.3, -0.25) is 4.99 Å². The third kappa shape index (κ3) is 4.31. The van der Waals surface area contributed by atoms with Crippen molar-refractivity contribution < 1.29 is 4.52 Å². The molecule has 0 saturated heterocycles. The minimum absolute atomic E-state index is 0.663. The van der Waals surface area contributed by atoms with Crippen molar-refractivity contribution in [2.75, 3.05) is 7.05 Å². The van der Waals surface area contributed by atoms with Crippen LogP contribution < -0.4 is 10.6 Å². The third-order valence-electron chi connectivity index (χ3n) is 3.68. The molecular weight excluding hydrogens is 310 g/mol. The molecule has 0 fully saturated rings. The van der Waals surface area contributed by atoms with Crippen molar-refractivity contribution >= 4 is 17.3 Å². The zero-order valence-corrected chi connectivity index (χ0v) is 15.3. The molecule has 0 atom stereocenters. The number of thiazole rings is 1. The zero-order chi connectivity index (χ0) is 16.8.